The molecule has 0 aliphatic heterocycles. The third-order valence-electron chi connectivity index (χ3n) is 3.87. The SMILES string of the molecule is CCCc1ccc(C(C)C)cc1C(=N)C1=CCCC=C1. The van der Waals surface area contributed by atoms with Crippen LogP contribution in [0.2, 0.25) is 0 Å². The lowest BCUT2D eigenvalue weighted by molar-refractivity contribution is 0.859. The molecule has 20 heavy (non-hydrogen) atoms. The van der Waals surface area contributed by atoms with Gasteiger partial charge in [-0.05, 0) is 47.9 Å². The Hall–Kier alpha value is -1.63. The number of allylic oxidation sites excluding steroid dienone is 4. The van der Waals surface area contributed by atoms with E-state index in [-0.39, 0.29) is 0 Å². The zero-order chi connectivity index (χ0) is 14.5. The molecule has 1 heteroatoms. The van der Waals surface area contributed by atoms with E-state index < -0.39 is 0 Å². The Morgan fingerprint density at radius 3 is 2.65 bits per heavy atom. The smallest absolute Gasteiger partial charge is 0.0684 e. The second kappa shape index (κ2) is 6.69. The van der Waals surface area contributed by atoms with Crippen molar-refractivity contribution in [1.29, 1.82) is 5.41 Å². The molecule has 0 aromatic heterocycles. The van der Waals surface area contributed by atoms with Crippen molar-refractivity contribution in [2.75, 3.05) is 0 Å². The quantitative estimate of drug-likeness (QED) is 0.690. The molecule has 0 unspecified atom stereocenters. The molecular formula is C19H25N. The molecule has 1 nitrogen and oxygen atoms in total. The first-order valence-electron chi connectivity index (χ1n) is 7.72. The minimum atomic E-state index is 0.508. The largest absolute Gasteiger partial charge is 0.300 e. The molecule has 0 saturated carbocycles. The zero-order valence-electron chi connectivity index (χ0n) is 12.9. The molecule has 106 valence electrons. The molecule has 1 aromatic rings. The first-order chi connectivity index (χ1) is 9.63. The minimum absolute atomic E-state index is 0.508. The highest BCUT2D eigenvalue weighted by molar-refractivity contribution is 6.13. The first-order valence-corrected chi connectivity index (χ1v) is 7.72. The van der Waals surface area contributed by atoms with Gasteiger partial charge in [0.15, 0.2) is 0 Å². The van der Waals surface area contributed by atoms with Gasteiger partial charge in [-0.15, -0.1) is 0 Å². The number of aryl methyl sites for hydroxylation is 1. The predicted octanol–water partition coefficient (Wildman–Crippen LogP) is 5.41. The summed E-state index contributed by atoms with van der Waals surface area (Å²) in [6.07, 6.45) is 10.8. The Morgan fingerprint density at radius 2 is 2.05 bits per heavy atom. The van der Waals surface area contributed by atoms with Crippen LogP contribution in [0.4, 0.5) is 0 Å². The molecule has 0 bridgehead atoms. The van der Waals surface area contributed by atoms with E-state index in [1.807, 2.05) is 0 Å². The lowest BCUT2D eigenvalue weighted by Crippen LogP contribution is -2.08. The Morgan fingerprint density at radius 1 is 1.25 bits per heavy atom. The molecule has 0 fully saturated rings. The van der Waals surface area contributed by atoms with E-state index in [9.17, 15) is 0 Å². The van der Waals surface area contributed by atoms with Gasteiger partial charge in [-0.1, -0.05) is 57.6 Å². The second-order valence-corrected chi connectivity index (χ2v) is 5.84. The first kappa shape index (κ1) is 14.8. The zero-order valence-corrected chi connectivity index (χ0v) is 12.9. The highest BCUT2D eigenvalue weighted by Crippen LogP contribution is 2.24. The lowest BCUT2D eigenvalue weighted by Gasteiger charge is -2.16. The van der Waals surface area contributed by atoms with Crippen LogP contribution < -0.4 is 0 Å². The monoisotopic (exact) mass is 267 g/mol. The molecule has 0 amide bonds. The van der Waals surface area contributed by atoms with Gasteiger partial charge in [-0.3, -0.25) is 5.41 Å². The number of benzene rings is 1. The van der Waals surface area contributed by atoms with Gasteiger partial charge in [-0.25, -0.2) is 0 Å². The summed E-state index contributed by atoms with van der Waals surface area (Å²) in [7, 11) is 0. The van der Waals surface area contributed by atoms with E-state index in [1.165, 1.54) is 11.1 Å². The van der Waals surface area contributed by atoms with E-state index in [1.54, 1.807) is 0 Å². The fourth-order valence-corrected chi connectivity index (χ4v) is 2.63. The van der Waals surface area contributed by atoms with E-state index >= 15 is 0 Å². The van der Waals surface area contributed by atoms with Crippen molar-refractivity contribution in [2.45, 2.75) is 52.4 Å². The average Bonchev–Trinajstić information content (AvgIpc) is 2.48. The van der Waals surface area contributed by atoms with E-state index in [0.29, 0.717) is 11.6 Å². The number of rotatable bonds is 5. The Labute approximate surface area is 122 Å². The number of nitrogens with one attached hydrogen (secondary N) is 1. The number of hydrogen-bond donors (Lipinski definition) is 1. The normalized spacial score (nSPS) is 14.5. The highest BCUT2D eigenvalue weighted by Gasteiger charge is 2.13. The van der Waals surface area contributed by atoms with Crippen LogP contribution in [0.25, 0.3) is 0 Å². The van der Waals surface area contributed by atoms with Crippen molar-refractivity contribution in [2.24, 2.45) is 0 Å². The van der Waals surface area contributed by atoms with Crippen LogP contribution in [-0.2, 0) is 6.42 Å². The molecule has 0 saturated heterocycles. The molecule has 0 heterocycles. The maximum Gasteiger partial charge on any atom is 0.0684 e. The lowest BCUT2D eigenvalue weighted by atomic mass is 9.89. The summed E-state index contributed by atoms with van der Waals surface area (Å²) in [5.74, 6) is 0.508. The van der Waals surface area contributed by atoms with Gasteiger partial charge in [0, 0.05) is 5.56 Å². The van der Waals surface area contributed by atoms with E-state index in [4.69, 9.17) is 5.41 Å². The van der Waals surface area contributed by atoms with Gasteiger partial charge in [0.1, 0.15) is 0 Å². The van der Waals surface area contributed by atoms with Crippen molar-refractivity contribution in [3.63, 3.8) is 0 Å². The fourth-order valence-electron chi connectivity index (χ4n) is 2.63. The fraction of sp³-hybridized carbons (Fsp3) is 0.421. The van der Waals surface area contributed by atoms with Crippen LogP contribution in [0.1, 0.15) is 62.6 Å². The molecule has 0 radical (unpaired) electrons. The summed E-state index contributed by atoms with van der Waals surface area (Å²) in [5, 5.41) is 8.56. The van der Waals surface area contributed by atoms with Crippen molar-refractivity contribution in [3.05, 3.63) is 58.7 Å². The van der Waals surface area contributed by atoms with Crippen LogP contribution in [-0.4, -0.2) is 5.71 Å². The molecule has 1 aliphatic rings. The van der Waals surface area contributed by atoms with Crippen molar-refractivity contribution in [1.82, 2.24) is 0 Å². The topological polar surface area (TPSA) is 23.9 Å². The second-order valence-electron chi connectivity index (χ2n) is 5.84. The van der Waals surface area contributed by atoms with Crippen molar-refractivity contribution in [3.8, 4) is 0 Å². The maximum atomic E-state index is 8.56. The van der Waals surface area contributed by atoms with Gasteiger partial charge >= 0.3 is 0 Å². The summed E-state index contributed by atoms with van der Waals surface area (Å²) in [6, 6.07) is 6.66. The van der Waals surface area contributed by atoms with Crippen LogP contribution in [0.3, 0.4) is 0 Å². The summed E-state index contributed by atoms with van der Waals surface area (Å²) in [4.78, 5) is 0. The summed E-state index contributed by atoms with van der Waals surface area (Å²) < 4.78 is 0. The third-order valence-corrected chi connectivity index (χ3v) is 3.87. The molecule has 2 rings (SSSR count). The summed E-state index contributed by atoms with van der Waals surface area (Å²) >= 11 is 0. The summed E-state index contributed by atoms with van der Waals surface area (Å²) in [6.45, 7) is 6.62. The van der Waals surface area contributed by atoms with Crippen LogP contribution in [0.15, 0.2) is 42.0 Å². The Balaban J connectivity index is 2.41. The molecule has 1 aromatic carbocycles. The third kappa shape index (κ3) is 3.27. The average molecular weight is 267 g/mol. The van der Waals surface area contributed by atoms with Gasteiger partial charge < -0.3 is 0 Å². The Bertz CT molecular complexity index is 547. The maximum absolute atomic E-state index is 8.56. The highest BCUT2D eigenvalue weighted by atomic mass is 14.4. The molecular weight excluding hydrogens is 242 g/mol. The van der Waals surface area contributed by atoms with Gasteiger partial charge in [0.2, 0.25) is 0 Å². The standard InChI is InChI=1S/C19H25N/c1-4-8-15-11-12-17(14(2)3)13-18(15)19(20)16-9-6-5-7-10-16/h6,9-14,20H,4-5,7-8H2,1-3H3. The minimum Gasteiger partial charge on any atom is -0.300 e. The van der Waals surface area contributed by atoms with Crippen LogP contribution >= 0.6 is 0 Å². The molecule has 1 N–H and O–H groups in total. The van der Waals surface area contributed by atoms with Crippen molar-refractivity contribution >= 4 is 5.71 Å². The number of hydrogen-bond acceptors (Lipinski definition) is 1. The van der Waals surface area contributed by atoms with Gasteiger partial charge in [0.25, 0.3) is 0 Å². The van der Waals surface area contributed by atoms with Gasteiger partial charge in [-0.2, -0.15) is 0 Å². The predicted molar refractivity (Wildman–Crippen MR) is 87.8 cm³/mol. The van der Waals surface area contributed by atoms with E-state index in [2.05, 4.69) is 57.2 Å². The van der Waals surface area contributed by atoms with Crippen molar-refractivity contribution < 1.29 is 0 Å². The molecule has 1 aliphatic carbocycles. The molecule has 0 spiro atoms. The van der Waals surface area contributed by atoms with E-state index in [0.717, 1.165) is 36.8 Å². The summed E-state index contributed by atoms with van der Waals surface area (Å²) in [5.41, 5.74) is 5.52. The van der Waals surface area contributed by atoms with Crippen LogP contribution in [0, 0.1) is 5.41 Å². The Kier molecular flexibility index (Phi) is 4.94. The van der Waals surface area contributed by atoms with Gasteiger partial charge in [0.05, 0.1) is 5.71 Å². The van der Waals surface area contributed by atoms with Crippen LogP contribution in [0.5, 0.6) is 0 Å². The molecule has 0 atom stereocenters.